The average molecular weight is 492 g/mol. The molecule has 0 aliphatic heterocycles. The predicted molar refractivity (Wildman–Crippen MR) is 124 cm³/mol. The van der Waals surface area contributed by atoms with Crippen LogP contribution in [-0.2, 0) is 6.18 Å². The van der Waals surface area contributed by atoms with E-state index in [4.69, 9.17) is 9.84 Å². The van der Waals surface area contributed by atoms with Crippen LogP contribution in [0.25, 0.3) is 10.9 Å². The molecule has 2 aliphatic carbocycles. The molecule has 2 saturated carbocycles. The molecule has 0 radical (unpaired) electrons. The van der Waals surface area contributed by atoms with Crippen molar-refractivity contribution >= 4 is 16.7 Å². The van der Waals surface area contributed by atoms with E-state index in [-0.39, 0.29) is 6.04 Å². The fraction of sp³-hybridized carbons (Fsp3) is 0.560. The summed E-state index contributed by atoms with van der Waals surface area (Å²) in [5.74, 6) is -0.787. The first-order valence-corrected chi connectivity index (χ1v) is 12.4. The summed E-state index contributed by atoms with van der Waals surface area (Å²) in [7, 11) is 0. The summed E-state index contributed by atoms with van der Waals surface area (Å²) in [6, 6.07) is 2.80. The van der Waals surface area contributed by atoms with Crippen molar-refractivity contribution in [1.29, 1.82) is 0 Å². The lowest BCUT2D eigenvalue weighted by Crippen LogP contribution is -2.27. The molecule has 0 spiro atoms. The smallest absolute Gasteiger partial charge is 0.419 e. The maximum absolute atomic E-state index is 14.4. The fourth-order valence-corrected chi connectivity index (χ4v) is 5.40. The molecule has 0 amide bonds. The molecule has 1 N–H and O–H groups in total. The molecule has 188 valence electrons. The van der Waals surface area contributed by atoms with Crippen LogP contribution in [0.1, 0.15) is 81.5 Å². The molecule has 0 aromatic carbocycles. The Morgan fingerprint density at radius 1 is 1.09 bits per heavy atom. The molecule has 2 fully saturated rings. The number of hydrogen-bond donors (Lipinski definition) is 1. The van der Waals surface area contributed by atoms with E-state index in [1.807, 2.05) is 13.1 Å². The number of rotatable bonds is 6. The summed E-state index contributed by atoms with van der Waals surface area (Å²) < 4.78 is 61.1. The number of halogens is 4. The number of nitrogens with one attached hydrogen (secondary N) is 1. The zero-order valence-corrected chi connectivity index (χ0v) is 19.6. The van der Waals surface area contributed by atoms with Gasteiger partial charge in [-0.05, 0) is 51.5 Å². The van der Waals surface area contributed by atoms with E-state index in [1.165, 1.54) is 12.8 Å². The second kappa shape index (κ2) is 9.62. The van der Waals surface area contributed by atoms with Gasteiger partial charge < -0.3 is 10.1 Å². The second-order valence-electron chi connectivity index (χ2n) is 9.45. The minimum atomic E-state index is -4.79. The maximum Gasteiger partial charge on any atom is 0.419 e. The SMILES string of the molecule is CCNc1cc2c(cn1)c(C1CCCC1)nn2[C@H]1CC[C@@H](Oc2nccc(C(F)(F)F)c2F)CC1. The van der Waals surface area contributed by atoms with Crippen LogP contribution in [0, 0.1) is 5.82 Å². The molecule has 10 heteroatoms. The molecule has 35 heavy (non-hydrogen) atoms. The lowest BCUT2D eigenvalue weighted by molar-refractivity contribution is -0.140. The van der Waals surface area contributed by atoms with Gasteiger partial charge in [-0.25, -0.2) is 14.4 Å². The summed E-state index contributed by atoms with van der Waals surface area (Å²) in [5.41, 5.74) is 0.804. The Bertz CT molecular complexity index is 1180. The van der Waals surface area contributed by atoms with Gasteiger partial charge in [0.15, 0.2) is 5.82 Å². The summed E-state index contributed by atoms with van der Waals surface area (Å²) >= 11 is 0. The van der Waals surface area contributed by atoms with Crippen molar-refractivity contribution in [3.63, 3.8) is 0 Å². The minimum Gasteiger partial charge on any atom is -0.472 e. The third-order valence-electron chi connectivity index (χ3n) is 7.15. The predicted octanol–water partition coefficient (Wildman–Crippen LogP) is 6.64. The Morgan fingerprint density at radius 2 is 1.83 bits per heavy atom. The molecule has 6 nitrogen and oxygen atoms in total. The third kappa shape index (κ3) is 4.79. The average Bonchev–Trinajstić information content (AvgIpc) is 3.48. The molecule has 0 atom stereocenters. The highest BCUT2D eigenvalue weighted by Crippen LogP contribution is 2.40. The molecular formula is C25H29F4N5O. The van der Waals surface area contributed by atoms with Crippen molar-refractivity contribution in [3.8, 4) is 5.88 Å². The van der Waals surface area contributed by atoms with E-state index in [2.05, 4.69) is 26.0 Å². The van der Waals surface area contributed by atoms with E-state index in [9.17, 15) is 17.6 Å². The van der Waals surface area contributed by atoms with Gasteiger partial charge in [0, 0.05) is 36.3 Å². The molecule has 3 heterocycles. The molecule has 5 rings (SSSR count). The van der Waals surface area contributed by atoms with Gasteiger partial charge in [-0.15, -0.1) is 0 Å². The van der Waals surface area contributed by atoms with Crippen LogP contribution < -0.4 is 10.1 Å². The molecule has 3 aromatic rings. The quantitative estimate of drug-likeness (QED) is 0.392. The van der Waals surface area contributed by atoms with Crippen molar-refractivity contribution in [2.24, 2.45) is 0 Å². The molecule has 2 aliphatic rings. The number of anilines is 1. The van der Waals surface area contributed by atoms with Crippen LogP contribution in [-0.4, -0.2) is 32.4 Å². The summed E-state index contributed by atoms with van der Waals surface area (Å²) in [6.45, 7) is 2.79. The number of ether oxygens (including phenoxy) is 1. The van der Waals surface area contributed by atoms with Gasteiger partial charge >= 0.3 is 6.18 Å². The van der Waals surface area contributed by atoms with Crippen LogP contribution in [0.4, 0.5) is 23.4 Å². The van der Waals surface area contributed by atoms with Crippen LogP contribution >= 0.6 is 0 Å². The monoisotopic (exact) mass is 491 g/mol. The zero-order valence-electron chi connectivity index (χ0n) is 19.6. The van der Waals surface area contributed by atoms with Gasteiger partial charge in [-0.3, -0.25) is 4.68 Å². The lowest BCUT2D eigenvalue weighted by Gasteiger charge is -2.29. The van der Waals surface area contributed by atoms with Gasteiger partial charge in [0.1, 0.15) is 11.9 Å². The highest BCUT2D eigenvalue weighted by atomic mass is 19.4. The number of fused-ring (bicyclic) bond motifs is 1. The first-order valence-electron chi connectivity index (χ1n) is 12.4. The highest BCUT2D eigenvalue weighted by molar-refractivity contribution is 5.84. The lowest BCUT2D eigenvalue weighted by atomic mass is 9.93. The zero-order chi connectivity index (χ0) is 24.6. The van der Waals surface area contributed by atoms with E-state index in [0.717, 1.165) is 60.8 Å². The Morgan fingerprint density at radius 3 is 2.51 bits per heavy atom. The maximum atomic E-state index is 14.4. The van der Waals surface area contributed by atoms with Crippen molar-refractivity contribution in [2.45, 2.75) is 82.5 Å². The van der Waals surface area contributed by atoms with E-state index >= 15 is 0 Å². The molecule has 0 unspecified atom stereocenters. The fourth-order valence-electron chi connectivity index (χ4n) is 5.40. The van der Waals surface area contributed by atoms with E-state index < -0.39 is 29.5 Å². The van der Waals surface area contributed by atoms with Gasteiger partial charge in [-0.1, -0.05) is 12.8 Å². The van der Waals surface area contributed by atoms with Crippen LogP contribution in [0.3, 0.4) is 0 Å². The van der Waals surface area contributed by atoms with Crippen molar-refractivity contribution < 1.29 is 22.3 Å². The van der Waals surface area contributed by atoms with E-state index in [0.29, 0.717) is 24.8 Å². The topological polar surface area (TPSA) is 64.9 Å². The van der Waals surface area contributed by atoms with Crippen LogP contribution in [0.5, 0.6) is 5.88 Å². The molecular weight excluding hydrogens is 462 g/mol. The number of alkyl halides is 3. The van der Waals surface area contributed by atoms with Gasteiger partial charge in [0.25, 0.3) is 5.88 Å². The first kappa shape index (κ1) is 23.8. The molecule has 0 bridgehead atoms. The van der Waals surface area contributed by atoms with E-state index in [1.54, 1.807) is 0 Å². The Labute approximate surface area is 201 Å². The number of pyridine rings is 2. The minimum absolute atomic E-state index is 0.128. The van der Waals surface area contributed by atoms with Crippen molar-refractivity contribution in [2.75, 3.05) is 11.9 Å². The first-order chi connectivity index (χ1) is 16.8. The van der Waals surface area contributed by atoms with Crippen LogP contribution in [0.15, 0.2) is 24.5 Å². The standard InChI is InChI=1S/C25H29F4N5O/c1-2-30-21-13-20-18(14-32-21)23(15-5-3-4-6-15)33-34(20)16-7-9-17(10-8-16)35-24-22(26)19(11-12-31-24)25(27,28)29/h11-17H,2-10H2,1H3,(H,30,32)/t16-,17+. The van der Waals surface area contributed by atoms with Crippen LogP contribution in [0.2, 0.25) is 0 Å². The number of hydrogen-bond acceptors (Lipinski definition) is 5. The van der Waals surface area contributed by atoms with Gasteiger partial charge in [0.05, 0.1) is 22.8 Å². The highest BCUT2D eigenvalue weighted by Gasteiger charge is 2.37. The normalized spacial score (nSPS) is 21.5. The van der Waals surface area contributed by atoms with Gasteiger partial charge in [-0.2, -0.15) is 18.3 Å². The third-order valence-corrected chi connectivity index (χ3v) is 7.15. The number of aromatic nitrogens is 4. The second-order valence-corrected chi connectivity index (χ2v) is 9.45. The van der Waals surface area contributed by atoms with Crippen molar-refractivity contribution in [1.82, 2.24) is 19.7 Å². The summed E-state index contributed by atoms with van der Waals surface area (Å²) in [6.07, 6.45) is 4.97. The van der Waals surface area contributed by atoms with Crippen molar-refractivity contribution in [3.05, 3.63) is 41.6 Å². The summed E-state index contributed by atoms with van der Waals surface area (Å²) in [4.78, 5) is 8.28. The summed E-state index contributed by atoms with van der Waals surface area (Å²) in [5, 5.41) is 9.43. The molecule has 3 aromatic heterocycles. The van der Waals surface area contributed by atoms with Gasteiger partial charge in [0.2, 0.25) is 0 Å². The largest absolute Gasteiger partial charge is 0.472 e. The Hall–Kier alpha value is -2.91. The Balaban J connectivity index is 1.35. The Kier molecular flexibility index (Phi) is 6.55. The number of nitrogens with zero attached hydrogens (tertiary/aromatic N) is 4. The molecule has 0 saturated heterocycles.